The van der Waals surface area contributed by atoms with Crippen molar-refractivity contribution in [3.05, 3.63) is 96.5 Å². The van der Waals surface area contributed by atoms with Gasteiger partial charge >= 0.3 is 0 Å². The molecule has 0 aliphatic heterocycles. The normalized spacial score (nSPS) is 12.4. The van der Waals surface area contributed by atoms with E-state index in [0.29, 0.717) is 5.56 Å². The number of nitrogens with zero attached hydrogens (tertiary/aromatic N) is 4. The molecule has 0 saturated carbocycles. The van der Waals surface area contributed by atoms with Gasteiger partial charge in [-0.3, -0.25) is 4.79 Å². The highest BCUT2D eigenvalue weighted by Gasteiger charge is 2.27. The predicted octanol–water partition coefficient (Wildman–Crippen LogP) is 3.67. The summed E-state index contributed by atoms with van der Waals surface area (Å²) in [6.45, 7) is 1.89. The SMILES string of the molecule is CC(c1ccc(-n2cncn2)cc1)N(C)C(=O)c1occc1CS(=O)(=O)c1ccccc1. The number of amides is 1. The first-order valence-electron chi connectivity index (χ1n) is 9.93. The topological polar surface area (TPSA) is 98.3 Å². The number of sulfone groups is 1. The molecule has 0 N–H and O–H groups in total. The quantitative estimate of drug-likeness (QED) is 0.426. The maximum absolute atomic E-state index is 13.1. The van der Waals surface area contributed by atoms with Gasteiger partial charge in [-0.05, 0) is 42.8 Å². The number of rotatable bonds is 7. The molecule has 0 saturated heterocycles. The fourth-order valence-corrected chi connectivity index (χ4v) is 4.73. The van der Waals surface area contributed by atoms with Crippen molar-refractivity contribution in [2.45, 2.75) is 23.6 Å². The van der Waals surface area contributed by atoms with E-state index in [0.717, 1.165) is 11.3 Å². The zero-order valence-corrected chi connectivity index (χ0v) is 18.4. The van der Waals surface area contributed by atoms with Crippen molar-refractivity contribution in [1.29, 1.82) is 0 Å². The highest BCUT2D eigenvalue weighted by atomic mass is 32.2. The third-order valence-electron chi connectivity index (χ3n) is 5.35. The molecule has 2 heterocycles. The summed E-state index contributed by atoms with van der Waals surface area (Å²) in [5.74, 6) is -0.678. The van der Waals surface area contributed by atoms with E-state index in [1.165, 1.54) is 35.7 Å². The molecule has 0 fully saturated rings. The molecule has 164 valence electrons. The Balaban J connectivity index is 1.52. The molecule has 1 atom stereocenters. The molecule has 0 spiro atoms. The average Bonchev–Trinajstić information content (AvgIpc) is 3.50. The van der Waals surface area contributed by atoms with Crippen LogP contribution in [-0.2, 0) is 15.6 Å². The molecule has 4 rings (SSSR count). The Kier molecular flexibility index (Phi) is 5.91. The summed E-state index contributed by atoms with van der Waals surface area (Å²) in [5.41, 5.74) is 2.10. The average molecular weight is 451 g/mol. The minimum absolute atomic E-state index is 0.0260. The lowest BCUT2D eigenvalue weighted by Gasteiger charge is -2.25. The fraction of sp³-hybridized carbons (Fsp3) is 0.174. The lowest BCUT2D eigenvalue weighted by molar-refractivity contribution is 0.0709. The first-order chi connectivity index (χ1) is 15.4. The van der Waals surface area contributed by atoms with Crippen LogP contribution in [0.4, 0.5) is 0 Å². The summed E-state index contributed by atoms with van der Waals surface area (Å²) < 4.78 is 32.6. The van der Waals surface area contributed by atoms with Crippen LogP contribution in [0.3, 0.4) is 0 Å². The van der Waals surface area contributed by atoms with Gasteiger partial charge in [0.1, 0.15) is 12.7 Å². The van der Waals surface area contributed by atoms with Crippen molar-refractivity contribution in [3.8, 4) is 5.69 Å². The molecule has 32 heavy (non-hydrogen) atoms. The van der Waals surface area contributed by atoms with Crippen LogP contribution in [0.2, 0.25) is 0 Å². The van der Waals surface area contributed by atoms with Gasteiger partial charge in [-0.2, -0.15) is 5.10 Å². The number of furan rings is 1. The van der Waals surface area contributed by atoms with Gasteiger partial charge in [-0.15, -0.1) is 0 Å². The van der Waals surface area contributed by atoms with Gasteiger partial charge in [0.05, 0.1) is 28.6 Å². The van der Waals surface area contributed by atoms with Crippen molar-refractivity contribution in [2.24, 2.45) is 0 Å². The van der Waals surface area contributed by atoms with Crippen LogP contribution in [0.25, 0.3) is 5.69 Å². The zero-order chi connectivity index (χ0) is 22.7. The second-order valence-electron chi connectivity index (χ2n) is 7.37. The predicted molar refractivity (Wildman–Crippen MR) is 118 cm³/mol. The standard InChI is InChI=1S/C23H22N4O4S/c1-17(18-8-10-20(11-9-18)27-16-24-15-25-27)26(2)23(28)22-19(12-13-31-22)14-32(29,30)21-6-4-3-5-7-21/h3-13,15-17H,14H2,1-2H3. The lowest BCUT2D eigenvalue weighted by atomic mass is 10.1. The van der Waals surface area contributed by atoms with E-state index in [1.807, 2.05) is 31.2 Å². The van der Waals surface area contributed by atoms with Gasteiger partial charge in [-0.25, -0.2) is 18.1 Å². The Morgan fingerprint density at radius 2 is 1.81 bits per heavy atom. The Labute approximate surface area is 186 Å². The molecule has 1 amide bonds. The van der Waals surface area contributed by atoms with E-state index in [4.69, 9.17) is 4.42 Å². The van der Waals surface area contributed by atoms with E-state index in [2.05, 4.69) is 10.1 Å². The second-order valence-corrected chi connectivity index (χ2v) is 9.36. The molecule has 1 unspecified atom stereocenters. The largest absolute Gasteiger partial charge is 0.459 e. The number of hydrogen-bond acceptors (Lipinski definition) is 6. The number of benzene rings is 2. The molecule has 0 radical (unpaired) electrons. The van der Waals surface area contributed by atoms with Crippen LogP contribution in [-0.4, -0.2) is 41.0 Å². The first-order valence-corrected chi connectivity index (χ1v) is 11.6. The molecular formula is C23H22N4O4S. The van der Waals surface area contributed by atoms with E-state index < -0.39 is 9.84 Å². The summed E-state index contributed by atoms with van der Waals surface area (Å²) in [7, 11) is -1.94. The van der Waals surface area contributed by atoms with Crippen LogP contribution < -0.4 is 0 Å². The Morgan fingerprint density at radius 3 is 2.47 bits per heavy atom. The van der Waals surface area contributed by atoms with Gasteiger partial charge in [0.2, 0.25) is 0 Å². The maximum atomic E-state index is 13.1. The van der Waals surface area contributed by atoms with Crippen LogP contribution in [0.5, 0.6) is 0 Å². The molecule has 9 heteroatoms. The lowest BCUT2D eigenvalue weighted by Crippen LogP contribution is -2.30. The van der Waals surface area contributed by atoms with E-state index in [-0.39, 0.29) is 28.4 Å². The molecule has 2 aromatic carbocycles. The van der Waals surface area contributed by atoms with Gasteiger partial charge in [0.15, 0.2) is 15.6 Å². The van der Waals surface area contributed by atoms with Crippen LogP contribution in [0.15, 0.2) is 88.9 Å². The van der Waals surface area contributed by atoms with Crippen LogP contribution in [0.1, 0.15) is 34.6 Å². The highest BCUT2D eigenvalue weighted by Crippen LogP contribution is 2.25. The van der Waals surface area contributed by atoms with Gasteiger partial charge in [0.25, 0.3) is 5.91 Å². The fourth-order valence-electron chi connectivity index (χ4n) is 3.36. The Morgan fingerprint density at radius 1 is 1.09 bits per heavy atom. The zero-order valence-electron chi connectivity index (χ0n) is 17.6. The van der Waals surface area contributed by atoms with Crippen molar-refractivity contribution < 1.29 is 17.6 Å². The summed E-state index contributed by atoms with van der Waals surface area (Å²) in [6, 6.07) is 17.0. The van der Waals surface area contributed by atoms with Crippen molar-refractivity contribution in [2.75, 3.05) is 7.05 Å². The van der Waals surface area contributed by atoms with E-state index in [9.17, 15) is 13.2 Å². The summed E-state index contributed by atoms with van der Waals surface area (Å²) in [6.07, 6.45) is 4.41. The maximum Gasteiger partial charge on any atom is 0.290 e. The third-order valence-corrected chi connectivity index (χ3v) is 7.03. The van der Waals surface area contributed by atoms with Crippen molar-refractivity contribution in [3.63, 3.8) is 0 Å². The minimum Gasteiger partial charge on any atom is -0.459 e. The van der Waals surface area contributed by atoms with E-state index >= 15 is 0 Å². The van der Waals surface area contributed by atoms with E-state index in [1.54, 1.807) is 36.3 Å². The van der Waals surface area contributed by atoms with Gasteiger partial charge in [0, 0.05) is 12.6 Å². The van der Waals surface area contributed by atoms with Crippen LogP contribution in [0, 0.1) is 0 Å². The van der Waals surface area contributed by atoms with Crippen molar-refractivity contribution in [1.82, 2.24) is 19.7 Å². The molecule has 0 aliphatic rings. The highest BCUT2D eigenvalue weighted by molar-refractivity contribution is 7.90. The summed E-state index contributed by atoms with van der Waals surface area (Å²) in [4.78, 5) is 18.8. The molecule has 0 aliphatic carbocycles. The van der Waals surface area contributed by atoms with Gasteiger partial charge in [-0.1, -0.05) is 30.3 Å². The molecular weight excluding hydrogens is 428 g/mol. The molecule has 0 bridgehead atoms. The monoisotopic (exact) mass is 450 g/mol. The number of carbonyl (C=O) groups is 1. The molecule has 8 nitrogen and oxygen atoms in total. The number of hydrogen-bond donors (Lipinski definition) is 0. The third kappa shape index (κ3) is 4.33. The Bertz CT molecular complexity index is 1300. The number of carbonyl (C=O) groups excluding carboxylic acids is 1. The summed E-state index contributed by atoms with van der Waals surface area (Å²) in [5, 5.41) is 4.10. The Hall–Kier alpha value is -3.72. The smallest absolute Gasteiger partial charge is 0.290 e. The van der Waals surface area contributed by atoms with Crippen LogP contribution >= 0.6 is 0 Å². The van der Waals surface area contributed by atoms with Gasteiger partial charge < -0.3 is 9.32 Å². The number of aromatic nitrogens is 3. The molecule has 2 aromatic heterocycles. The summed E-state index contributed by atoms with van der Waals surface area (Å²) >= 11 is 0. The molecule has 4 aromatic rings. The minimum atomic E-state index is -3.61. The first kappa shape index (κ1) is 21.5. The van der Waals surface area contributed by atoms with Crippen molar-refractivity contribution >= 4 is 15.7 Å². The second kappa shape index (κ2) is 8.80.